The molecule has 0 spiro atoms. The van der Waals surface area contributed by atoms with E-state index in [9.17, 15) is 17.4 Å². The lowest BCUT2D eigenvalue weighted by Gasteiger charge is -2.43. The molecule has 0 saturated carbocycles. The SMILES string of the molecule is CN1C[C@@H](Nc2nc(N3CCC(CNS(C)(=O)=O)(C4=CCCC=C4)CC3)nc3c2S(=O)CC3)CCC1=O. The number of likely N-dealkylation sites (tertiary alicyclic amines) is 1. The second-order valence-corrected chi connectivity index (χ2v) is 13.9. The summed E-state index contributed by atoms with van der Waals surface area (Å²) in [6.45, 7) is 2.35. The number of carbonyl (C=O) groups is 1. The van der Waals surface area contributed by atoms with Crippen LogP contribution in [0.1, 0.15) is 44.2 Å². The fourth-order valence-corrected chi connectivity index (χ4v) is 7.58. The molecule has 4 heterocycles. The predicted octanol–water partition coefficient (Wildman–Crippen LogP) is 1.59. The van der Waals surface area contributed by atoms with E-state index in [1.807, 2.05) is 0 Å². The number of aryl methyl sites for hydroxylation is 1. The number of nitrogens with one attached hydrogen (secondary N) is 2. The van der Waals surface area contributed by atoms with Crippen molar-refractivity contribution in [2.75, 3.05) is 55.5 Å². The van der Waals surface area contributed by atoms with Crippen LogP contribution < -0.4 is 14.9 Å². The molecule has 2 atom stereocenters. The van der Waals surface area contributed by atoms with Gasteiger partial charge >= 0.3 is 0 Å². The van der Waals surface area contributed by atoms with E-state index in [1.54, 1.807) is 11.9 Å². The quantitative estimate of drug-likeness (QED) is 0.526. The van der Waals surface area contributed by atoms with Gasteiger partial charge in [-0.1, -0.05) is 18.2 Å². The van der Waals surface area contributed by atoms with Crippen LogP contribution in [0.4, 0.5) is 11.8 Å². The molecule has 5 rings (SSSR count). The van der Waals surface area contributed by atoms with Crippen molar-refractivity contribution in [2.24, 2.45) is 5.41 Å². The molecule has 10 nitrogen and oxygen atoms in total. The number of amides is 1. The molecule has 2 saturated heterocycles. The van der Waals surface area contributed by atoms with Gasteiger partial charge in [-0.05, 0) is 37.7 Å². The van der Waals surface area contributed by atoms with E-state index < -0.39 is 20.8 Å². The molecule has 1 aromatic heterocycles. The van der Waals surface area contributed by atoms with Crippen LogP contribution in [0, 0.1) is 5.41 Å². The zero-order valence-electron chi connectivity index (χ0n) is 21.5. The third-order valence-electron chi connectivity index (χ3n) is 7.93. The van der Waals surface area contributed by atoms with Crippen LogP contribution in [-0.2, 0) is 32.0 Å². The number of likely N-dealkylation sites (N-methyl/N-ethyl adjacent to an activating group) is 1. The molecule has 12 heteroatoms. The van der Waals surface area contributed by atoms with Crippen LogP contribution in [0.3, 0.4) is 0 Å². The summed E-state index contributed by atoms with van der Waals surface area (Å²) >= 11 is 0. The van der Waals surface area contributed by atoms with Crippen molar-refractivity contribution in [1.82, 2.24) is 19.6 Å². The van der Waals surface area contributed by atoms with Crippen LogP contribution >= 0.6 is 0 Å². The molecule has 2 fully saturated rings. The fraction of sp³-hybridized carbons (Fsp3) is 0.640. The minimum absolute atomic E-state index is 0.0493. The van der Waals surface area contributed by atoms with Crippen molar-refractivity contribution in [3.8, 4) is 0 Å². The first-order chi connectivity index (χ1) is 17.6. The van der Waals surface area contributed by atoms with E-state index in [0.29, 0.717) is 67.9 Å². The summed E-state index contributed by atoms with van der Waals surface area (Å²) in [5.74, 6) is 1.93. The monoisotopic (exact) mass is 548 g/mol. The van der Waals surface area contributed by atoms with Crippen molar-refractivity contribution in [3.63, 3.8) is 0 Å². The maximum atomic E-state index is 12.8. The summed E-state index contributed by atoms with van der Waals surface area (Å²) < 4.78 is 39.4. The molecular formula is C25H36N6O4S2. The van der Waals surface area contributed by atoms with Crippen molar-refractivity contribution in [2.45, 2.75) is 55.9 Å². The van der Waals surface area contributed by atoms with Crippen LogP contribution in [-0.4, -0.2) is 84.7 Å². The molecule has 202 valence electrons. The average molecular weight is 549 g/mol. The molecular weight excluding hydrogens is 512 g/mol. The van der Waals surface area contributed by atoms with Crippen molar-refractivity contribution in [3.05, 3.63) is 29.5 Å². The Balaban J connectivity index is 1.37. The third-order valence-corrected chi connectivity index (χ3v) is 10.1. The van der Waals surface area contributed by atoms with E-state index in [2.05, 4.69) is 33.2 Å². The van der Waals surface area contributed by atoms with Gasteiger partial charge in [0.05, 0.1) is 22.7 Å². The number of piperidine rings is 2. The maximum Gasteiger partial charge on any atom is 0.227 e. The summed E-state index contributed by atoms with van der Waals surface area (Å²) in [4.78, 5) is 26.2. The molecule has 0 radical (unpaired) electrons. The normalized spacial score (nSPS) is 25.7. The Morgan fingerprint density at radius 2 is 1.97 bits per heavy atom. The average Bonchev–Trinajstić information content (AvgIpc) is 3.26. The van der Waals surface area contributed by atoms with Gasteiger partial charge < -0.3 is 15.1 Å². The third kappa shape index (κ3) is 5.75. The fourth-order valence-electron chi connectivity index (χ4n) is 5.72. The number of sulfonamides is 1. The summed E-state index contributed by atoms with van der Waals surface area (Å²) in [6.07, 6.45) is 13.2. The minimum Gasteiger partial charge on any atom is -0.364 e. The zero-order valence-corrected chi connectivity index (χ0v) is 23.2. The van der Waals surface area contributed by atoms with Crippen molar-refractivity contribution in [1.29, 1.82) is 0 Å². The van der Waals surface area contributed by atoms with Gasteiger partial charge in [0, 0.05) is 63.3 Å². The second-order valence-electron chi connectivity index (χ2n) is 10.6. The van der Waals surface area contributed by atoms with Crippen LogP contribution in [0.25, 0.3) is 0 Å². The zero-order chi connectivity index (χ0) is 26.2. The van der Waals surface area contributed by atoms with Crippen molar-refractivity contribution >= 4 is 38.5 Å². The number of nitrogens with zero attached hydrogens (tertiary/aromatic N) is 4. The lowest BCUT2D eigenvalue weighted by molar-refractivity contribution is -0.132. The Morgan fingerprint density at radius 3 is 2.65 bits per heavy atom. The lowest BCUT2D eigenvalue weighted by atomic mass is 9.71. The molecule has 1 unspecified atom stereocenters. The number of hydrogen-bond acceptors (Lipinski definition) is 8. The maximum absolute atomic E-state index is 12.8. The molecule has 0 bridgehead atoms. The van der Waals surface area contributed by atoms with Gasteiger partial charge in [-0.3, -0.25) is 9.00 Å². The first-order valence-corrected chi connectivity index (χ1v) is 16.2. The van der Waals surface area contributed by atoms with Crippen LogP contribution in [0.2, 0.25) is 0 Å². The number of hydrogen-bond donors (Lipinski definition) is 2. The lowest BCUT2D eigenvalue weighted by Crippen LogP contribution is -2.47. The number of anilines is 2. The number of aromatic nitrogens is 2. The van der Waals surface area contributed by atoms with Crippen LogP contribution in [0.5, 0.6) is 0 Å². The number of fused-ring (bicyclic) bond motifs is 1. The highest BCUT2D eigenvalue weighted by atomic mass is 32.2. The molecule has 1 aliphatic carbocycles. The molecule has 4 aliphatic rings. The Morgan fingerprint density at radius 1 is 1.19 bits per heavy atom. The Labute approximate surface area is 221 Å². The van der Waals surface area contributed by atoms with E-state index in [-0.39, 0.29) is 17.4 Å². The van der Waals surface area contributed by atoms with E-state index in [4.69, 9.17) is 9.97 Å². The highest BCUT2D eigenvalue weighted by molar-refractivity contribution is 7.88. The topological polar surface area (TPSA) is 125 Å². The molecule has 0 aromatic carbocycles. The number of carbonyl (C=O) groups excluding carboxylic acids is 1. The predicted molar refractivity (Wildman–Crippen MR) is 144 cm³/mol. The van der Waals surface area contributed by atoms with Gasteiger partial charge in [0.15, 0.2) is 0 Å². The first kappa shape index (κ1) is 26.3. The van der Waals surface area contributed by atoms with E-state index >= 15 is 0 Å². The van der Waals surface area contributed by atoms with Gasteiger partial charge in [-0.2, -0.15) is 4.98 Å². The highest BCUT2D eigenvalue weighted by Crippen LogP contribution is 2.42. The van der Waals surface area contributed by atoms with Gasteiger partial charge in [0.1, 0.15) is 10.7 Å². The van der Waals surface area contributed by atoms with Crippen molar-refractivity contribution < 1.29 is 17.4 Å². The summed E-state index contributed by atoms with van der Waals surface area (Å²) in [6, 6.07) is 0.0493. The molecule has 1 amide bonds. The Hall–Kier alpha value is -2.31. The minimum atomic E-state index is -3.31. The Kier molecular flexibility index (Phi) is 7.43. The van der Waals surface area contributed by atoms with Crippen LogP contribution in [0.15, 0.2) is 28.7 Å². The Bertz CT molecular complexity index is 1250. The first-order valence-electron chi connectivity index (χ1n) is 13.0. The van der Waals surface area contributed by atoms with E-state index in [1.165, 1.54) is 11.8 Å². The second kappa shape index (κ2) is 10.5. The largest absolute Gasteiger partial charge is 0.364 e. The van der Waals surface area contributed by atoms with Gasteiger partial charge in [0.25, 0.3) is 0 Å². The number of allylic oxidation sites excluding steroid dienone is 3. The molecule has 3 aliphatic heterocycles. The van der Waals surface area contributed by atoms with Gasteiger partial charge in [-0.25, -0.2) is 18.1 Å². The smallest absolute Gasteiger partial charge is 0.227 e. The summed E-state index contributed by atoms with van der Waals surface area (Å²) in [5, 5.41) is 3.49. The molecule has 1 aromatic rings. The summed E-state index contributed by atoms with van der Waals surface area (Å²) in [5.41, 5.74) is 1.77. The highest BCUT2D eigenvalue weighted by Gasteiger charge is 2.39. The van der Waals surface area contributed by atoms with E-state index in [0.717, 1.165) is 31.4 Å². The standard InChI is InChI=1S/C25H36N6O4S2/c1-30-16-19(8-9-21(30)32)27-23-22-20(10-15-36(22)33)28-24(29-23)31-13-11-25(12-14-31,17-26-37(2,34)35)18-6-4-3-5-7-18/h4,6-7,19,26H,3,5,8-17H2,1-2H3,(H,27,28,29)/t19-,36?/m0/s1. The molecule has 37 heavy (non-hydrogen) atoms. The summed E-state index contributed by atoms with van der Waals surface area (Å²) in [7, 11) is -2.64. The number of rotatable bonds is 7. The van der Waals surface area contributed by atoms with Gasteiger partial charge in [0.2, 0.25) is 21.9 Å². The van der Waals surface area contributed by atoms with Gasteiger partial charge in [-0.15, -0.1) is 0 Å². The molecule has 2 N–H and O–H groups in total.